The van der Waals surface area contributed by atoms with Crippen molar-refractivity contribution >= 4 is 5.78 Å². The monoisotopic (exact) mass is 195 g/mol. The van der Waals surface area contributed by atoms with Crippen LogP contribution in [0.4, 0.5) is 0 Å². The summed E-state index contributed by atoms with van der Waals surface area (Å²) in [5.74, 6) is 0.248. The maximum Gasteiger partial charge on any atom is 0.157 e. The predicted octanol–water partition coefficient (Wildman–Crippen LogP) is 1.08. The average Bonchev–Trinajstić information content (AvgIpc) is 2.52. The number of carbonyl (C=O) groups excluding carboxylic acids is 1. The van der Waals surface area contributed by atoms with Crippen molar-refractivity contribution in [2.45, 2.75) is 38.2 Å². The molecule has 14 heavy (non-hydrogen) atoms. The topological polar surface area (TPSA) is 40.5 Å². The molecule has 0 unspecified atom stereocenters. The molecule has 1 saturated heterocycles. The van der Waals surface area contributed by atoms with E-state index >= 15 is 0 Å². The van der Waals surface area contributed by atoms with Gasteiger partial charge >= 0.3 is 0 Å². The molecule has 0 aromatic heterocycles. The summed E-state index contributed by atoms with van der Waals surface area (Å²) in [4.78, 5) is 13.3. The molecule has 1 aliphatic heterocycles. The molecule has 1 aliphatic carbocycles. The SMILES string of the molecule is CC1(O)CCN(C2=CC(=O)CC2)CC1. The van der Waals surface area contributed by atoms with Gasteiger partial charge < -0.3 is 10.0 Å². The van der Waals surface area contributed by atoms with Gasteiger partial charge in [-0.2, -0.15) is 0 Å². The lowest BCUT2D eigenvalue weighted by atomic mass is 9.93. The third-order valence-electron chi connectivity index (χ3n) is 3.20. The molecule has 0 aromatic rings. The van der Waals surface area contributed by atoms with Gasteiger partial charge in [-0.1, -0.05) is 0 Å². The van der Waals surface area contributed by atoms with Crippen LogP contribution in [0.1, 0.15) is 32.6 Å². The van der Waals surface area contributed by atoms with Gasteiger partial charge in [0.2, 0.25) is 0 Å². The molecule has 0 atom stereocenters. The van der Waals surface area contributed by atoms with E-state index in [4.69, 9.17) is 0 Å². The Kier molecular flexibility index (Phi) is 2.35. The van der Waals surface area contributed by atoms with Crippen LogP contribution in [0.5, 0.6) is 0 Å². The van der Waals surface area contributed by atoms with E-state index in [-0.39, 0.29) is 5.78 Å². The average molecular weight is 195 g/mol. The molecular formula is C11H17NO2. The van der Waals surface area contributed by atoms with Crippen molar-refractivity contribution in [3.63, 3.8) is 0 Å². The number of nitrogens with zero attached hydrogens (tertiary/aromatic N) is 1. The van der Waals surface area contributed by atoms with Gasteiger partial charge in [-0.25, -0.2) is 0 Å². The Labute approximate surface area is 84.4 Å². The van der Waals surface area contributed by atoms with Crippen LogP contribution in [0, 0.1) is 0 Å². The van der Waals surface area contributed by atoms with Crippen LogP contribution < -0.4 is 0 Å². The maximum absolute atomic E-state index is 11.1. The predicted molar refractivity (Wildman–Crippen MR) is 53.8 cm³/mol. The van der Waals surface area contributed by atoms with Crippen molar-refractivity contribution in [3.05, 3.63) is 11.8 Å². The van der Waals surface area contributed by atoms with Crippen molar-refractivity contribution in [1.29, 1.82) is 0 Å². The number of hydrogen-bond donors (Lipinski definition) is 1. The number of carbonyl (C=O) groups is 1. The highest BCUT2D eigenvalue weighted by molar-refractivity contribution is 5.92. The molecule has 3 heteroatoms. The van der Waals surface area contributed by atoms with Gasteiger partial charge in [-0.05, 0) is 26.2 Å². The van der Waals surface area contributed by atoms with E-state index in [1.54, 1.807) is 6.08 Å². The Morgan fingerprint density at radius 2 is 2.00 bits per heavy atom. The number of likely N-dealkylation sites (tertiary alicyclic amines) is 1. The normalized spacial score (nSPS) is 26.6. The summed E-state index contributed by atoms with van der Waals surface area (Å²) >= 11 is 0. The Hall–Kier alpha value is -0.830. The number of hydrogen-bond acceptors (Lipinski definition) is 3. The van der Waals surface area contributed by atoms with Crippen molar-refractivity contribution < 1.29 is 9.90 Å². The van der Waals surface area contributed by atoms with Crippen LogP contribution in [0.3, 0.4) is 0 Å². The molecule has 2 aliphatic rings. The summed E-state index contributed by atoms with van der Waals surface area (Å²) in [6.07, 6.45) is 4.93. The summed E-state index contributed by atoms with van der Waals surface area (Å²) in [6.45, 7) is 3.65. The lowest BCUT2D eigenvalue weighted by Crippen LogP contribution is -2.41. The fraction of sp³-hybridized carbons (Fsp3) is 0.727. The van der Waals surface area contributed by atoms with Gasteiger partial charge in [0, 0.05) is 31.3 Å². The largest absolute Gasteiger partial charge is 0.390 e. The molecule has 0 aromatic carbocycles. The summed E-state index contributed by atoms with van der Waals surface area (Å²) in [6, 6.07) is 0. The second-order valence-corrected chi connectivity index (χ2v) is 4.59. The number of ketones is 1. The van der Waals surface area contributed by atoms with E-state index < -0.39 is 5.60 Å². The zero-order valence-corrected chi connectivity index (χ0v) is 8.62. The third-order valence-corrected chi connectivity index (χ3v) is 3.20. The van der Waals surface area contributed by atoms with Gasteiger partial charge in [0.25, 0.3) is 0 Å². The van der Waals surface area contributed by atoms with Crippen LogP contribution in [-0.4, -0.2) is 34.5 Å². The quantitative estimate of drug-likeness (QED) is 0.680. The van der Waals surface area contributed by atoms with E-state index in [0.29, 0.717) is 6.42 Å². The van der Waals surface area contributed by atoms with Crippen LogP contribution in [0.15, 0.2) is 11.8 Å². The number of aliphatic hydroxyl groups is 1. The first-order chi connectivity index (χ1) is 6.57. The van der Waals surface area contributed by atoms with E-state index in [1.807, 2.05) is 6.92 Å². The summed E-state index contributed by atoms with van der Waals surface area (Å²) < 4.78 is 0. The lowest BCUT2D eigenvalue weighted by molar-refractivity contribution is -0.114. The molecule has 2 rings (SSSR count). The van der Waals surface area contributed by atoms with Gasteiger partial charge in [-0.15, -0.1) is 0 Å². The molecule has 1 N–H and O–H groups in total. The first kappa shape index (κ1) is 9.71. The van der Waals surface area contributed by atoms with Crippen LogP contribution >= 0.6 is 0 Å². The third kappa shape index (κ3) is 1.98. The zero-order chi connectivity index (χ0) is 10.2. The minimum atomic E-state index is -0.500. The summed E-state index contributed by atoms with van der Waals surface area (Å²) in [5.41, 5.74) is 0.671. The highest BCUT2D eigenvalue weighted by Gasteiger charge is 2.29. The minimum Gasteiger partial charge on any atom is -0.390 e. The zero-order valence-electron chi connectivity index (χ0n) is 8.62. The Morgan fingerprint density at radius 1 is 1.36 bits per heavy atom. The smallest absolute Gasteiger partial charge is 0.157 e. The molecule has 3 nitrogen and oxygen atoms in total. The molecule has 0 saturated carbocycles. The molecular weight excluding hydrogens is 178 g/mol. The van der Waals surface area contributed by atoms with E-state index in [0.717, 1.165) is 32.4 Å². The summed E-state index contributed by atoms with van der Waals surface area (Å²) in [7, 11) is 0. The fourth-order valence-corrected chi connectivity index (χ4v) is 2.11. The maximum atomic E-state index is 11.1. The van der Waals surface area contributed by atoms with E-state index in [2.05, 4.69) is 4.90 Å². The van der Waals surface area contributed by atoms with Gasteiger partial charge in [0.05, 0.1) is 5.60 Å². The molecule has 0 amide bonds. The van der Waals surface area contributed by atoms with Crippen molar-refractivity contribution in [2.75, 3.05) is 13.1 Å². The molecule has 1 heterocycles. The second-order valence-electron chi connectivity index (χ2n) is 4.59. The molecule has 0 bridgehead atoms. The number of rotatable bonds is 1. The first-order valence-corrected chi connectivity index (χ1v) is 5.28. The van der Waals surface area contributed by atoms with Crippen molar-refractivity contribution in [1.82, 2.24) is 4.90 Å². The molecule has 1 fully saturated rings. The Morgan fingerprint density at radius 3 is 2.50 bits per heavy atom. The van der Waals surface area contributed by atoms with Crippen LogP contribution in [-0.2, 0) is 4.79 Å². The van der Waals surface area contributed by atoms with Gasteiger partial charge in [0.1, 0.15) is 0 Å². The molecule has 0 radical (unpaired) electrons. The number of piperidine rings is 1. The first-order valence-electron chi connectivity index (χ1n) is 5.28. The minimum absolute atomic E-state index is 0.248. The van der Waals surface area contributed by atoms with E-state index in [9.17, 15) is 9.90 Å². The van der Waals surface area contributed by atoms with E-state index in [1.165, 1.54) is 5.70 Å². The fourth-order valence-electron chi connectivity index (χ4n) is 2.11. The standard InChI is InChI=1S/C11H17NO2/c1-11(14)4-6-12(7-5-11)9-2-3-10(13)8-9/h8,14H,2-7H2,1H3. The van der Waals surface area contributed by atoms with Crippen molar-refractivity contribution in [3.8, 4) is 0 Å². The lowest BCUT2D eigenvalue weighted by Gasteiger charge is -2.37. The summed E-state index contributed by atoms with van der Waals surface area (Å²) in [5, 5.41) is 9.77. The van der Waals surface area contributed by atoms with Crippen LogP contribution in [0.25, 0.3) is 0 Å². The number of allylic oxidation sites excluding steroid dienone is 2. The second kappa shape index (κ2) is 3.39. The van der Waals surface area contributed by atoms with Crippen molar-refractivity contribution in [2.24, 2.45) is 0 Å². The highest BCUT2D eigenvalue weighted by atomic mass is 16.3. The molecule has 78 valence electrons. The van der Waals surface area contributed by atoms with Crippen LogP contribution in [0.2, 0.25) is 0 Å². The Balaban J connectivity index is 1.96. The molecule has 0 spiro atoms. The highest BCUT2D eigenvalue weighted by Crippen LogP contribution is 2.27. The van der Waals surface area contributed by atoms with Gasteiger partial charge in [0.15, 0.2) is 5.78 Å². The Bertz CT molecular complexity index is 271. The van der Waals surface area contributed by atoms with Gasteiger partial charge in [-0.3, -0.25) is 4.79 Å².